The molecule has 1 amide bonds. The quantitative estimate of drug-likeness (QED) is 0.185. The van der Waals surface area contributed by atoms with Crippen molar-refractivity contribution in [3.05, 3.63) is 23.8 Å². The number of ether oxygens (including phenoxy) is 1. The van der Waals surface area contributed by atoms with Gasteiger partial charge in [-0.05, 0) is 38.5 Å². The van der Waals surface area contributed by atoms with Crippen LogP contribution in [0.5, 0.6) is 5.75 Å². The number of nitrogens with one attached hydrogen (secondary N) is 1. The van der Waals surface area contributed by atoms with Crippen molar-refractivity contribution in [2.45, 2.75) is 57.1 Å². The number of amides is 1. The largest absolute Gasteiger partial charge is 0.508 e. The highest BCUT2D eigenvalue weighted by Crippen LogP contribution is 2.24. The molecule has 0 aliphatic heterocycles. The maximum Gasteiger partial charge on any atom is 0.343 e. The molecule has 4 atom stereocenters. The number of aliphatic carboxylic acids is 1. The number of rotatable bonds is 10. The third kappa shape index (κ3) is 6.39. The lowest BCUT2D eigenvalue weighted by atomic mass is 9.92. The van der Waals surface area contributed by atoms with Gasteiger partial charge in [-0.2, -0.15) is 0 Å². The van der Waals surface area contributed by atoms with Gasteiger partial charge in [0.05, 0.1) is 12.2 Å². The van der Waals surface area contributed by atoms with E-state index < -0.39 is 48.3 Å². The van der Waals surface area contributed by atoms with E-state index in [0.717, 1.165) is 13.8 Å². The van der Waals surface area contributed by atoms with E-state index >= 15 is 0 Å². The molecule has 1 aromatic carbocycles. The number of hydrogen-bond donors (Lipinski definition) is 7. The van der Waals surface area contributed by atoms with E-state index in [1.54, 1.807) is 0 Å². The molecule has 0 saturated carbocycles. The van der Waals surface area contributed by atoms with Crippen LogP contribution in [-0.4, -0.2) is 67.2 Å². The lowest BCUT2D eigenvalue weighted by molar-refractivity contribution is -0.195. The van der Waals surface area contributed by atoms with Crippen molar-refractivity contribution >= 4 is 23.5 Å². The number of carbonyl (C=O) groups excluding carboxylic acids is 2. The zero-order valence-corrected chi connectivity index (χ0v) is 16.0. The van der Waals surface area contributed by atoms with Gasteiger partial charge in [0.25, 0.3) is 0 Å². The molecular weight excluding hydrogens is 388 g/mol. The summed E-state index contributed by atoms with van der Waals surface area (Å²) in [5.41, 5.74) is 3.11. The summed E-state index contributed by atoms with van der Waals surface area (Å²) in [4.78, 5) is 34.9. The lowest BCUT2D eigenvalue weighted by Gasteiger charge is -2.31. The summed E-state index contributed by atoms with van der Waals surface area (Å²) in [7, 11) is 0. The molecule has 29 heavy (non-hydrogen) atoms. The van der Waals surface area contributed by atoms with Crippen molar-refractivity contribution in [3.8, 4) is 5.75 Å². The highest BCUT2D eigenvalue weighted by atomic mass is 16.6. The smallest absolute Gasteiger partial charge is 0.343 e. The van der Waals surface area contributed by atoms with E-state index in [0.29, 0.717) is 0 Å². The molecule has 162 valence electrons. The third-order valence-electron chi connectivity index (χ3n) is 4.32. The minimum absolute atomic E-state index is 0.0978. The van der Waals surface area contributed by atoms with Gasteiger partial charge in [-0.1, -0.05) is 0 Å². The Kier molecular flexibility index (Phi) is 8.52. The standard InChI is InChI=1S/C18H26N2O9/c1-9(21)18(28,10(2)22)17(27)29-8-11-7-12(23)3-5-14(11)20-15(24)6-4-13(19)16(25)26/h3,5,7,9-10,13,21-23,28H,4,6,8,19H2,1-2H3,(H,20,24)(H,25,26)/t9-,10+,13-,18?/m0/s1. The number of carbonyl (C=O) groups is 3. The van der Waals surface area contributed by atoms with Crippen molar-refractivity contribution in [2.24, 2.45) is 5.73 Å². The van der Waals surface area contributed by atoms with Crippen LogP contribution < -0.4 is 11.1 Å². The number of esters is 1. The Balaban J connectivity index is 2.87. The predicted octanol–water partition coefficient (Wildman–Crippen LogP) is -0.941. The minimum atomic E-state index is -2.56. The van der Waals surface area contributed by atoms with Crippen LogP contribution in [0.4, 0.5) is 5.69 Å². The summed E-state index contributed by atoms with van der Waals surface area (Å²) >= 11 is 0. The summed E-state index contributed by atoms with van der Waals surface area (Å²) < 4.78 is 4.95. The highest BCUT2D eigenvalue weighted by molar-refractivity contribution is 5.92. The van der Waals surface area contributed by atoms with Crippen molar-refractivity contribution < 1.29 is 44.7 Å². The van der Waals surface area contributed by atoms with E-state index in [-0.39, 0.29) is 29.8 Å². The Hall–Kier alpha value is -2.73. The molecular formula is C18H26N2O9. The van der Waals surface area contributed by atoms with E-state index in [4.69, 9.17) is 15.6 Å². The van der Waals surface area contributed by atoms with Gasteiger partial charge in [0, 0.05) is 17.7 Å². The number of phenolic OH excluding ortho intramolecular Hbond substituents is 1. The van der Waals surface area contributed by atoms with E-state index in [9.17, 15) is 34.8 Å². The molecule has 0 spiro atoms. The first-order chi connectivity index (χ1) is 13.4. The van der Waals surface area contributed by atoms with Crippen LogP contribution in [0.15, 0.2) is 18.2 Å². The van der Waals surface area contributed by atoms with Gasteiger partial charge in [-0.25, -0.2) is 4.79 Å². The first-order valence-electron chi connectivity index (χ1n) is 8.75. The fraction of sp³-hybridized carbons (Fsp3) is 0.500. The van der Waals surface area contributed by atoms with Crippen molar-refractivity contribution in [1.29, 1.82) is 0 Å². The van der Waals surface area contributed by atoms with Crippen molar-refractivity contribution in [2.75, 3.05) is 5.32 Å². The Morgan fingerprint density at radius 2 is 1.79 bits per heavy atom. The average molecular weight is 414 g/mol. The van der Waals surface area contributed by atoms with Gasteiger partial charge >= 0.3 is 11.9 Å². The van der Waals surface area contributed by atoms with E-state index in [2.05, 4.69) is 5.32 Å². The summed E-state index contributed by atoms with van der Waals surface area (Å²) in [5, 5.41) is 50.3. The second-order valence-electron chi connectivity index (χ2n) is 6.63. The number of aliphatic hydroxyl groups excluding tert-OH is 2. The lowest BCUT2D eigenvalue weighted by Crippen LogP contribution is -2.56. The molecule has 1 unspecified atom stereocenters. The monoisotopic (exact) mass is 414 g/mol. The molecule has 0 saturated heterocycles. The first kappa shape index (κ1) is 24.3. The second kappa shape index (κ2) is 10.2. The fourth-order valence-corrected chi connectivity index (χ4v) is 2.39. The number of anilines is 1. The second-order valence-corrected chi connectivity index (χ2v) is 6.63. The average Bonchev–Trinajstić information content (AvgIpc) is 2.64. The topological polar surface area (TPSA) is 200 Å². The molecule has 0 bridgehead atoms. The number of hydrogen-bond acceptors (Lipinski definition) is 9. The number of aliphatic hydroxyl groups is 3. The van der Waals surface area contributed by atoms with Gasteiger partial charge in [-0.15, -0.1) is 0 Å². The molecule has 1 rings (SSSR count). The molecule has 0 heterocycles. The number of phenols is 1. The summed E-state index contributed by atoms with van der Waals surface area (Å²) in [6.45, 7) is 1.71. The zero-order chi connectivity index (χ0) is 22.4. The molecule has 1 aromatic rings. The summed E-state index contributed by atoms with van der Waals surface area (Å²) in [5.74, 6) is -3.28. The van der Waals surface area contributed by atoms with Crippen LogP contribution in [-0.2, 0) is 25.7 Å². The van der Waals surface area contributed by atoms with E-state index in [1.165, 1.54) is 18.2 Å². The van der Waals surface area contributed by atoms with Gasteiger partial charge in [0.1, 0.15) is 18.4 Å². The van der Waals surface area contributed by atoms with Gasteiger partial charge < -0.3 is 41.3 Å². The normalized spacial score (nSPS) is 16.2. The van der Waals surface area contributed by atoms with Gasteiger partial charge in [0.2, 0.25) is 11.5 Å². The highest BCUT2D eigenvalue weighted by Gasteiger charge is 2.47. The fourth-order valence-electron chi connectivity index (χ4n) is 2.39. The van der Waals surface area contributed by atoms with Crippen LogP contribution in [0.3, 0.4) is 0 Å². The Labute approximate surface area is 166 Å². The predicted molar refractivity (Wildman–Crippen MR) is 99.7 cm³/mol. The maximum absolute atomic E-state index is 12.2. The molecule has 0 aliphatic carbocycles. The molecule has 0 fully saturated rings. The molecule has 0 aliphatic rings. The minimum Gasteiger partial charge on any atom is -0.508 e. The van der Waals surface area contributed by atoms with Gasteiger partial charge in [-0.3, -0.25) is 9.59 Å². The van der Waals surface area contributed by atoms with Crippen molar-refractivity contribution in [3.63, 3.8) is 0 Å². The number of carboxylic acids is 1. The Bertz CT molecular complexity index is 741. The molecule has 11 nitrogen and oxygen atoms in total. The zero-order valence-electron chi connectivity index (χ0n) is 16.0. The van der Waals surface area contributed by atoms with Crippen LogP contribution in [0, 0.1) is 0 Å². The first-order valence-corrected chi connectivity index (χ1v) is 8.75. The number of aromatic hydroxyl groups is 1. The number of benzene rings is 1. The third-order valence-corrected chi connectivity index (χ3v) is 4.32. The molecule has 11 heteroatoms. The van der Waals surface area contributed by atoms with Crippen LogP contribution in [0.1, 0.15) is 32.3 Å². The van der Waals surface area contributed by atoms with Crippen LogP contribution >= 0.6 is 0 Å². The van der Waals surface area contributed by atoms with Gasteiger partial charge in [0.15, 0.2) is 0 Å². The van der Waals surface area contributed by atoms with Crippen molar-refractivity contribution in [1.82, 2.24) is 0 Å². The molecule has 0 aromatic heterocycles. The molecule has 8 N–H and O–H groups in total. The Morgan fingerprint density at radius 3 is 2.31 bits per heavy atom. The van der Waals surface area contributed by atoms with Crippen LogP contribution in [0.25, 0.3) is 0 Å². The number of carboxylic acid groups (broad SMARTS) is 1. The van der Waals surface area contributed by atoms with E-state index in [1.807, 2.05) is 0 Å². The number of nitrogens with two attached hydrogens (primary N) is 1. The summed E-state index contributed by atoms with van der Waals surface area (Å²) in [6, 6.07) is 2.62. The Morgan fingerprint density at radius 1 is 1.21 bits per heavy atom. The maximum atomic E-state index is 12.2. The molecule has 0 radical (unpaired) electrons. The van der Waals surface area contributed by atoms with Crippen LogP contribution in [0.2, 0.25) is 0 Å². The summed E-state index contributed by atoms with van der Waals surface area (Å²) in [6.07, 6.45) is -3.54. The SMILES string of the molecule is C[C@H](O)C(O)(C(=O)OCc1cc(O)ccc1NC(=O)CC[C@H](N)C(=O)O)[C@@H](C)O.